The van der Waals surface area contributed by atoms with Crippen molar-refractivity contribution in [3.63, 3.8) is 0 Å². The van der Waals surface area contributed by atoms with Crippen LogP contribution >= 0.6 is 0 Å². The van der Waals surface area contributed by atoms with Crippen molar-refractivity contribution in [3.8, 4) is 56.0 Å². The summed E-state index contributed by atoms with van der Waals surface area (Å²) in [5, 5.41) is 0. The van der Waals surface area contributed by atoms with Crippen LogP contribution in [-0.4, -0.2) is 0 Å². The van der Waals surface area contributed by atoms with Crippen LogP contribution in [0.1, 0.15) is 150 Å². The fraction of sp³-hybridized carbons (Fsp3) is 0.231. The molecule has 394 valence electrons. The number of hydrogen-bond donors (Lipinski definition) is 0. The third kappa shape index (κ3) is 7.23. The molecule has 10 aromatic rings. The van der Waals surface area contributed by atoms with E-state index in [1.54, 1.807) is 0 Å². The van der Waals surface area contributed by atoms with Crippen molar-refractivity contribution in [2.75, 3.05) is 4.90 Å². The van der Waals surface area contributed by atoms with Gasteiger partial charge in [0.25, 0.3) is 0 Å². The SMILES string of the molecule is CC(C)(C)c1ccc2c(c1)C1(c3ccccc3Oc3ccc(N(c4ccc(-c5ccccc5)cc4)c4ccc5c(c4)C4(c6ccccc6-5)c5cc(C(C)(C)C)ccc5-c5ccc(C(C)(C)C)cc54)cc31)c1cc(C(C)(C)C)ccc1-2. The number of para-hydroxylation sites is 1. The molecular formula is C78H71NO. The Hall–Kier alpha value is -8.20. The Labute approximate surface area is 474 Å². The van der Waals surface area contributed by atoms with Crippen LogP contribution in [0.5, 0.6) is 11.5 Å². The lowest BCUT2D eigenvalue weighted by Gasteiger charge is -2.41. The van der Waals surface area contributed by atoms with Gasteiger partial charge in [-0.2, -0.15) is 0 Å². The number of rotatable bonds is 4. The van der Waals surface area contributed by atoms with E-state index in [1.165, 1.54) is 106 Å². The topological polar surface area (TPSA) is 12.5 Å². The highest BCUT2D eigenvalue weighted by molar-refractivity contribution is 5.97. The molecule has 2 nitrogen and oxygen atoms in total. The first-order valence-corrected chi connectivity index (χ1v) is 28.9. The Morgan fingerprint density at radius 1 is 0.263 bits per heavy atom. The molecule has 0 saturated carbocycles. The standard InChI is InChI=1S/C78H71NO/c1-73(2,3)50-28-36-58-59-37-29-51(74(4,5)6)43-66(59)77(65(58)42-50)63-23-17-16-22-57(63)62-40-34-55(46-69(62)77)79(54-32-26-49(27-33-54)48-20-14-13-15-21-48)56-35-41-72-70(47-56)78(64-24-18-19-25-71(64)80-72)67-44-52(75(7,8)9)30-38-60(67)61-39-31-53(45-68(61)78)76(10,11)12/h13-47H,1-12H3. The third-order valence-corrected chi connectivity index (χ3v) is 18.4. The van der Waals surface area contributed by atoms with E-state index in [2.05, 4.69) is 300 Å². The minimum absolute atomic E-state index is 0.0515. The highest BCUT2D eigenvalue weighted by Crippen LogP contribution is 2.66. The molecular weight excluding hydrogens is 967 g/mol. The van der Waals surface area contributed by atoms with Crippen LogP contribution in [0, 0.1) is 0 Å². The lowest BCUT2D eigenvalue weighted by Crippen LogP contribution is -2.33. The van der Waals surface area contributed by atoms with E-state index >= 15 is 0 Å². The molecule has 0 unspecified atom stereocenters. The van der Waals surface area contributed by atoms with Crippen LogP contribution in [0.4, 0.5) is 17.1 Å². The molecule has 0 N–H and O–H groups in total. The molecule has 2 spiro atoms. The summed E-state index contributed by atoms with van der Waals surface area (Å²) >= 11 is 0. The Kier molecular flexibility index (Phi) is 10.7. The summed E-state index contributed by atoms with van der Waals surface area (Å²) in [5.74, 6) is 1.77. The molecule has 80 heavy (non-hydrogen) atoms. The first-order valence-electron chi connectivity index (χ1n) is 28.9. The number of hydrogen-bond acceptors (Lipinski definition) is 2. The summed E-state index contributed by atoms with van der Waals surface area (Å²) < 4.78 is 7.17. The van der Waals surface area contributed by atoms with Crippen LogP contribution in [0.3, 0.4) is 0 Å². The average molecular weight is 1040 g/mol. The maximum absolute atomic E-state index is 7.17. The molecule has 0 amide bonds. The van der Waals surface area contributed by atoms with Crippen molar-refractivity contribution in [1.82, 2.24) is 0 Å². The normalized spacial score (nSPS) is 14.8. The van der Waals surface area contributed by atoms with Gasteiger partial charge in [-0.3, -0.25) is 0 Å². The molecule has 4 aliphatic rings. The molecule has 1 aliphatic heterocycles. The highest BCUT2D eigenvalue weighted by atomic mass is 16.5. The molecule has 0 radical (unpaired) electrons. The van der Waals surface area contributed by atoms with Gasteiger partial charge in [-0.25, -0.2) is 0 Å². The second-order valence-corrected chi connectivity index (χ2v) is 27.3. The summed E-state index contributed by atoms with van der Waals surface area (Å²) in [6.07, 6.45) is 0. The van der Waals surface area contributed by atoms with E-state index in [1.807, 2.05) is 0 Å². The fourth-order valence-electron chi connectivity index (χ4n) is 14.1. The first-order chi connectivity index (χ1) is 38.2. The molecule has 1 heterocycles. The fourth-order valence-corrected chi connectivity index (χ4v) is 14.1. The average Bonchev–Trinajstić information content (AvgIpc) is 4.13. The van der Waals surface area contributed by atoms with Gasteiger partial charge in [-0.15, -0.1) is 0 Å². The van der Waals surface area contributed by atoms with Crippen molar-refractivity contribution >= 4 is 17.1 Å². The largest absolute Gasteiger partial charge is 0.457 e. The smallest absolute Gasteiger partial charge is 0.132 e. The predicted octanol–water partition coefficient (Wildman–Crippen LogP) is 20.8. The van der Waals surface area contributed by atoms with Crippen molar-refractivity contribution in [2.24, 2.45) is 0 Å². The van der Waals surface area contributed by atoms with Gasteiger partial charge in [0.05, 0.1) is 10.8 Å². The second-order valence-electron chi connectivity index (χ2n) is 27.3. The van der Waals surface area contributed by atoms with Gasteiger partial charge < -0.3 is 9.64 Å². The second kappa shape index (κ2) is 17.2. The lowest BCUT2D eigenvalue weighted by molar-refractivity contribution is 0.436. The third-order valence-electron chi connectivity index (χ3n) is 18.4. The molecule has 10 aromatic carbocycles. The number of ether oxygens (including phenoxy) is 1. The van der Waals surface area contributed by atoms with Gasteiger partial charge in [-0.05, 0) is 170 Å². The summed E-state index contributed by atoms with van der Waals surface area (Å²) in [6, 6.07) is 81.6. The van der Waals surface area contributed by atoms with Gasteiger partial charge in [0, 0.05) is 28.2 Å². The summed E-state index contributed by atoms with van der Waals surface area (Å²) in [4.78, 5) is 2.52. The van der Waals surface area contributed by atoms with Crippen LogP contribution in [-0.2, 0) is 32.5 Å². The first kappa shape index (κ1) is 50.0. The van der Waals surface area contributed by atoms with E-state index in [-0.39, 0.29) is 21.7 Å². The van der Waals surface area contributed by atoms with Crippen molar-refractivity contribution < 1.29 is 4.74 Å². The number of nitrogens with zero attached hydrogens (tertiary/aromatic N) is 1. The summed E-state index contributed by atoms with van der Waals surface area (Å²) in [5.41, 5.74) is 27.5. The monoisotopic (exact) mass is 1040 g/mol. The molecule has 0 atom stereocenters. The number of benzene rings is 10. The Balaban J connectivity index is 1.06. The molecule has 3 aliphatic carbocycles. The number of fused-ring (bicyclic) bond motifs is 19. The molecule has 0 saturated heterocycles. The van der Waals surface area contributed by atoms with Crippen LogP contribution in [0.15, 0.2) is 212 Å². The predicted molar refractivity (Wildman–Crippen MR) is 335 cm³/mol. The summed E-state index contributed by atoms with van der Waals surface area (Å²) in [7, 11) is 0. The van der Waals surface area contributed by atoms with Gasteiger partial charge in [0.1, 0.15) is 11.5 Å². The number of anilines is 3. The van der Waals surface area contributed by atoms with Crippen LogP contribution in [0.2, 0.25) is 0 Å². The van der Waals surface area contributed by atoms with Crippen LogP contribution < -0.4 is 9.64 Å². The highest BCUT2D eigenvalue weighted by Gasteiger charge is 2.54. The molecule has 0 bridgehead atoms. The van der Waals surface area contributed by atoms with Gasteiger partial charge >= 0.3 is 0 Å². The molecule has 2 heteroatoms. The summed E-state index contributed by atoms with van der Waals surface area (Å²) in [6.45, 7) is 28.1. The molecule has 14 rings (SSSR count). The van der Waals surface area contributed by atoms with Gasteiger partial charge in [0.15, 0.2) is 0 Å². The van der Waals surface area contributed by atoms with Crippen molar-refractivity contribution in [2.45, 2.75) is 116 Å². The zero-order valence-corrected chi connectivity index (χ0v) is 48.6. The Morgan fingerprint density at radius 2 is 0.600 bits per heavy atom. The quantitative estimate of drug-likeness (QED) is 0.174. The van der Waals surface area contributed by atoms with Gasteiger partial charge in [0.2, 0.25) is 0 Å². The maximum atomic E-state index is 7.17. The van der Waals surface area contributed by atoms with Gasteiger partial charge in [-0.1, -0.05) is 247 Å². The van der Waals surface area contributed by atoms with E-state index in [9.17, 15) is 0 Å². The maximum Gasteiger partial charge on any atom is 0.132 e. The molecule has 0 fully saturated rings. The van der Waals surface area contributed by atoms with Crippen LogP contribution in [0.25, 0.3) is 44.5 Å². The van der Waals surface area contributed by atoms with E-state index < -0.39 is 10.8 Å². The zero-order chi connectivity index (χ0) is 55.5. The van der Waals surface area contributed by atoms with E-state index in [0.717, 1.165) is 34.1 Å². The van der Waals surface area contributed by atoms with Crippen molar-refractivity contribution in [3.05, 3.63) is 279 Å². The Morgan fingerprint density at radius 3 is 1.09 bits per heavy atom. The van der Waals surface area contributed by atoms with E-state index in [0.29, 0.717) is 0 Å². The zero-order valence-electron chi connectivity index (χ0n) is 48.6. The van der Waals surface area contributed by atoms with Crippen molar-refractivity contribution in [1.29, 1.82) is 0 Å². The molecule has 0 aromatic heterocycles. The van der Waals surface area contributed by atoms with E-state index in [4.69, 9.17) is 4.74 Å². The lowest BCUT2D eigenvalue weighted by atomic mass is 9.65. The minimum Gasteiger partial charge on any atom is -0.457 e. The minimum atomic E-state index is -0.688. The Bertz CT molecular complexity index is 4050.